The van der Waals surface area contributed by atoms with E-state index in [0.29, 0.717) is 12.5 Å². The highest BCUT2D eigenvalue weighted by Gasteiger charge is 2.05. The third-order valence-electron chi connectivity index (χ3n) is 2.89. The summed E-state index contributed by atoms with van der Waals surface area (Å²) in [7, 11) is -1.19. The van der Waals surface area contributed by atoms with Crippen LogP contribution in [-0.2, 0) is 16.3 Å². The molecule has 0 aromatic heterocycles. The second kappa shape index (κ2) is 7.50. The van der Waals surface area contributed by atoms with Gasteiger partial charge in [0.25, 0.3) is 0 Å². The zero-order valence-electron chi connectivity index (χ0n) is 11.8. The number of hydrogen-bond acceptors (Lipinski definition) is 4. The molecule has 0 heterocycles. The van der Waals surface area contributed by atoms with Crippen LogP contribution in [0.25, 0.3) is 0 Å². The van der Waals surface area contributed by atoms with E-state index in [-0.39, 0.29) is 5.75 Å². The van der Waals surface area contributed by atoms with E-state index in [0.717, 1.165) is 18.7 Å². The summed E-state index contributed by atoms with van der Waals surface area (Å²) in [5.74, 6) is 1.10. The molecule has 1 aromatic carbocycles. The molecule has 0 amide bonds. The molecule has 0 spiro atoms. The highest BCUT2D eigenvalue weighted by atomic mass is 32.2. The van der Waals surface area contributed by atoms with Gasteiger partial charge < -0.3 is 10.1 Å². The summed E-state index contributed by atoms with van der Waals surface area (Å²) in [6.07, 6.45) is 2.85. The molecule has 0 bridgehead atoms. The molecule has 0 fully saturated rings. The molecule has 1 unspecified atom stereocenters. The highest BCUT2D eigenvalue weighted by molar-refractivity contribution is 7.90. The van der Waals surface area contributed by atoms with Crippen LogP contribution in [0.5, 0.6) is 5.75 Å². The Balaban J connectivity index is 2.28. The lowest BCUT2D eigenvalue weighted by atomic mass is 10.1. The Morgan fingerprint density at radius 1 is 1.26 bits per heavy atom. The van der Waals surface area contributed by atoms with Gasteiger partial charge >= 0.3 is 0 Å². The van der Waals surface area contributed by atoms with Gasteiger partial charge in [0.1, 0.15) is 15.6 Å². The number of ether oxygens (including phenoxy) is 1. The summed E-state index contributed by atoms with van der Waals surface area (Å²) in [5.41, 5.74) is 1.24. The van der Waals surface area contributed by atoms with Crippen LogP contribution in [0.3, 0.4) is 0 Å². The van der Waals surface area contributed by atoms with Crippen molar-refractivity contribution in [2.75, 3.05) is 25.7 Å². The van der Waals surface area contributed by atoms with E-state index in [1.807, 2.05) is 24.3 Å². The Labute approximate surface area is 116 Å². The zero-order valence-corrected chi connectivity index (χ0v) is 12.7. The van der Waals surface area contributed by atoms with E-state index in [9.17, 15) is 8.42 Å². The molecule has 19 heavy (non-hydrogen) atoms. The largest absolute Gasteiger partial charge is 0.497 e. The van der Waals surface area contributed by atoms with Crippen molar-refractivity contribution >= 4 is 9.84 Å². The number of hydrogen-bond donors (Lipinski definition) is 1. The van der Waals surface area contributed by atoms with Crippen LogP contribution in [-0.4, -0.2) is 40.1 Å². The van der Waals surface area contributed by atoms with Crippen molar-refractivity contribution < 1.29 is 13.2 Å². The number of rotatable bonds is 8. The average molecular weight is 285 g/mol. The fourth-order valence-electron chi connectivity index (χ4n) is 1.87. The molecule has 0 saturated heterocycles. The second-order valence-corrected chi connectivity index (χ2v) is 7.15. The van der Waals surface area contributed by atoms with Crippen LogP contribution >= 0.6 is 0 Å². The van der Waals surface area contributed by atoms with Crippen molar-refractivity contribution in [3.8, 4) is 5.75 Å². The summed E-state index contributed by atoms with van der Waals surface area (Å²) in [6.45, 7) is 2.83. The van der Waals surface area contributed by atoms with E-state index in [1.165, 1.54) is 11.8 Å². The van der Waals surface area contributed by atoms with E-state index in [2.05, 4.69) is 12.2 Å². The Kier molecular flexibility index (Phi) is 6.31. The van der Waals surface area contributed by atoms with Gasteiger partial charge in [0.2, 0.25) is 0 Å². The Hall–Kier alpha value is -1.07. The SMILES string of the molecule is COc1ccc(CC(C)NCCCS(C)(=O)=O)cc1. The quantitative estimate of drug-likeness (QED) is 0.738. The third-order valence-corrected chi connectivity index (χ3v) is 3.92. The molecule has 0 saturated carbocycles. The first-order chi connectivity index (χ1) is 8.90. The van der Waals surface area contributed by atoms with Crippen LogP contribution < -0.4 is 10.1 Å². The molecular formula is C14H23NO3S. The Morgan fingerprint density at radius 2 is 1.89 bits per heavy atom. The normalized spacial score (nSPS) is 13.2. The molecule has 0 aliphatic carbocycles. The molecule has 0 aliphatic rings. The van der Waals surface area contributed by atoms with Crippen LogP contribution in [0.4, 0.5) is 0 Å². The molecule has 5 heteroatoms. The molecule has 0 aliphatic heterocycles. The van der Waals surface area contributed by atoms with Gasteiger partial charge in [0.05, 0.1) is 12.9 Å². The standard InChI is InChI=1S/C14H23NO3S/c1-12(15-9-4-10-19(3,16)17)11-13-5-7-14(18-2)8-6-13/h5-8,12,15H,4,9-11H2,1-3H3. The molecule has 0 radical (unpaired) electrons. The number of nitrogens with one attached hydrogen (secondary N) is 1. The minimum atomic E-state index is -2.84. The van der Waals surface area contributed by atoms with Crippen LogP contribution in [0.15, 0.2) is 24.3 Å². The third kappa shape index (κ3) is 7.18. The first kappa shape index (κ1) is 16.0. The highest BCUT2D eigenvalue weighted by Crippen LogP contribution is 2.12. The van der Waals surface area contributed by atoms with E-state index >= 15 is 0 Å². The van der Waals surface area contributed by atoms with E-state index in [1.54, 1.807) is 7.11 Å². The van der Waals surface area contributed by atoms with Gasteiger partial charge in [-0.25, -0.2) is 8.42 Å². The summed E-state index contributed by atoms with van der Waals surface area (Å²) < 4.78 is 27.1. The van der Waals surface area contributed by atoms with Crippen molar-refractivity contribution in [1.82, 2.24) is 5.32 Å². The molecule has 4 nitrogen and oxygen atoms in total. The summed E-state index contributed by atoms with van der Waals surface area (Å²) in [4.78, 5) is 0. The Bertz CT molecular complexity index is 468. The van der Waals surface area contributed by atoms with Crippen molar-refractivity contribution in [3.63, 3.8) is 0 Å². The van der Waals surface area contributed by atoms with E-state index in [4.69, 9.17) is 4.74 Å². The van der Waals surface area contributed by atoms with Crippen LogP contribution in [0.2, 0.25) is 0 Å². The van der Waals surface area contributed by atoms with Crippen molar-refractivity contribution in [1.29, 1.82) is 0 Å². The van der Waals surface area contributed by atoms with Crippen LogP contribution in [0.1, 0.15) is 18.9 Å². The van der Waals surface area contributed by atoms with Gasteiger partial charge in [-0.05, 0) is 44.0 Å². The zero-order chi connectivity index (χ0) is 14.3. The average Bonchev–Trinajstić information content (AvgIpc) is 2.34. The second-order valence-electron chi connectivity index (χ2n) is 4.89. The number of sulfone groups is 1. The van der Waals surface area contributed by atoms with Crippen molar-refractivity contribution in [2.45, 2.75) is 25.8 Å². The summed E-state index contributed by atoms with van der Waals surface area (Å²) in [6, 6.07) is 8.33. The number of benzene rings is 1. The molecule has 1 rings (SSSR count). The maximum atomic E-state index is 11.0. The predicted octanol–water partition coefficient (Wildman–Crippen LogP) is 1.65. The smallest absolute Gasteiger partial charge is 0.147 e. The fraction of sp³-hybridized carbons (Fsp3) is 0.571. The molecular weight excluding hydrogens is 262 g/mol. The lowest BCUT2D eigenvalue weighted by Gasteiger charge is -2.14. The first-order valence-electron chi connectivity index (χ1n) is 6.45. The number of methoxy groups -OCH3 is 1. The minimum absolute atomic E-state index is 0.245. The Morgan fingerprint density at radius 3 is 2.42 bits per heavy atom. The van der Waals surface area contributed by atoms with E-state index < -0.39 is 9.84 Å². The van der Waals surface area contributed by atoms with Gasteiger partial charge in [-0.15, -0.1) is 0 Å². The maximum absolute atomic E-state index is 11.0. The van der Waals surface area contributed by atoms with Crippen LogP contribution in [0, 0.1) is 0 Å². The minimum Gasteiger partial charge on any atom is -0.497 e. The molecule has 1 atom stereocenters. The van der Waals surface area contributed by atoms with Gasteiger partial charge in [0.15, 0.2) is 0 Å². The lowest BCUT2D eigenvalue weighted by molar-refractivity contribution is 0.414. The molecule has 108 valence electrons. The lowest BCUT2D eigenvalue weighted by Crippen LogP contribution is -2.29. The monoisotopic (exact) mass is 285 g/mol. The topological polar surface area (TPSA) is 55.4 Å². The predicted molar refractivity (Wildman–Crippen MR) is 78.5 cm³/mol. The first-order valence-corrected chi connectivity index (χ1v) is 8.51. The van der Waals surface area contributed by atoms with Crippen molar-refractivity contribution in [2.24, 2.45) is 0 Å². The van der Waals surface area contributed by atoms with Crippen molar-refractivity contribution in [3.05, 3.63) is 29.8 Å². The summed E-state index contributed by atoms with van der Waals surface area (Å²) >= 11 is 0. The maximum Gasteiger partial charge on any atom is 0.147 e. The summed E-state index contributed by atoms with van der Waals surface area (Å²) in [5, 5.41) is 3.34. The molecule has 1 N–H and O–H groups in total. The van der Waals surface area contributed by atoms with Gasteiger partial charge in [0, 0.05) is 12.3 Å². The van der Waals surface area contributed by atoms with Gasteiger partial charge in [-0.2, -0.15) is 0 Å². The fourth-order valence-corrected chi connectivity index (χ4v) is 2.54. The van der Waals surface area contributed by atoms with Gasteiger partial charge in [-0.1, -0.05) is 12.1 Å². The molecule has 1 aromatic rings. The van der Waals surface area contributed by atoms with Gasteiger partial charge in [-0.3, -0.25) is 0 Å².